The summed E-state index contributed by atoms with van der Waals surface area (Å²) in [7, 11) is 1.60. The Bertz CT molecular complexity index is 290. The number of hydrogen-bond acceptors (Lipinski definition) is 5. The second kappa shape index (κ2) is 7.16. The largest absolute Gasteiger partial charge is 0.481 e. The SMILES string of the molecule is CCOCC(Cc1ccc(OC)nc1)NN. The van der Waals surface area contributed by atoms with Crippen molar-refractivity contribution in [1.82, 2.24) is 10.4 Å². The van der Waals surface area contributed by atoms with E-state index in [1.807, 2.05) is 19.1 Å². The number of methoxy groups -OCH3 is 1. The number of aromatic nitrogens is 1. The molecule has 0 amide bonds. The molecule has 16 heavy (non-hydrogen) atoms. The number of hydrazine groups is 1. The number of pyridine rings is 1. The average Bonchev–Trinajstić information content (AvgIpc) is 2.35. The quantitative estimate of drug-likeness (QED) is 0.522. The fourth-order valence-electron chi connectivity index (χ4n) is 1.36. The molecule has 0 saturated carbocycles. The van der Waals surface area contributed by atoms with Gasteiger partial charge in [-0.15, -0.1) is 0 Å². The molecule has 1 rings (SSSR count). The zero-order valence-corrected chi connectivity index (χ0v) is 9.77. The van der Waals surface area contributed by atoms with Gasteiger partial charge in [0.05, 0.1) is 13.7 Å². The van der Waals surface area contributed by atoms with Crippen molar-refractivity contribution in [1.29, 1.82) is 0 Å². The van der Waals surface area contributed by atoms with Gasteiger partial charge in [-0.25, -0.2) is 4.98 Å². The highest BCUT2D eigenvalue weighted by molar-refractivity contribution is 5.18. The van der Waals surface area contributed by atoms with E-state index >= 15 is 0 Å². The summed E-state index contributed by atoms with van der Waals surface area (Å²) in [5, 5.41) is 0. The maximum Gasteiger partial charge on any atom is 0.212 e. The van der Waals surface area contributed by atoms with Crippen LogP contribution in [0.15, 0.2) is 18.3 Å². The van der Waals surface area contributed by atoms with Gasteiger partial charge in [0, 0.05) is 24.9 Å². The van der Waals surface area contributed by atoms with Crippen LogP contribution in [0.2, 0.25) is 0 Å². The van der Waals surface area contributed by atoms with Gasteiger partial charge in [-0.1, -0.05) is 6.07 Å². The Labute approximate surface area is 95.9 Å². The topological polar surface area (TPSA) is 69.4 Å². The first-order chi connectivity index (χ1) is 7.80. The minimum absolute atomic E-state index is 0.107. The minimum Gasteiger partial charge on any atom is -0.481 e. The average molecular weight is 225 g/mol. The molecule has 90 valence electrons. The van der Waals surface area contributed by atoms with Gasteiger partial charge in [0.15, 0.2) is 0 Å². The van der Waals surface area contributed by atoms with E-state index in [9.17, 15) is 0 Å². The van der Waals surface area contributed by atoms with Crippen molar-refractivity contribution in [3.05, 3.63) is 23.9 Å². The maximum atomic E-state index is 5.44. The van der Waals surface area contributed by atoms with Gasteiger partial charge in [-0.05, 0) is 18.9 Å². The Balaban J connectivity index is 2.49. The molecule has 0 radical (unpaired) electrons. The summed E-state index contributed by atoms with van der Waals surface area (Å²) in [5.41, 5.74) is 3.83. The number of hydrogen-bond donors (Lipinski definition) is 2. The molecule has 1 aromatic heterocycles. The van der Waals surface area contributed by atoms with Crippen molar-refractivity contribution in [2.24, 2.45) is 5.84 Å². The van der Waals surface area contributed by atoms with Crippen LogP contribution >= 0.6 is 0 Å². The summed E-state index contributed by atoms with van der Waals surface area (Å²) in [4.78, 5) is 4.13. The molecule has 0 aliphatic heterocycles. The van der Waals surface area contributed by atoms with Crippen LogP contribution < -0.4 is 16.0 Å². The highest BCUT2D eigenvalue weighted by atomic mass is 16.5. The third kappa shape index (κ3) is 4.14. The normalized spacial score (nSPS) is 12.4. The first-order valence-corrected chi connectivity index (χ1v) is 5.33. The summed E-state index contributed by atoms with van der Waals surface area (Å²) >= 11 is 0. The number of nitrogens with two attached hydrogens (primary N) is 1. The van der Waals surface area contributed by atoms with E-state index in [0.29, 0.717) is 19.1 Å². The Hall–Kier alpha value is -1.17. The fraction of sp³-hybridized carbons (Fsp3) is 0.545. The lowest BCUT2D eigenvalue weighted by Crippen LogP contribution is -2.40. The molecule has 0 saturated heterocycles. The number of ether oxygens (including phenoxy) is 2. The predicted octanol–water partition coefficient (Wildman–Crippen LogP) is 0.501. The van der Waals surface area contributed by atoms with Crippen LogP contribution in [-0.2, 0) is 11.2 Å². The predicted molar refractivity (Wildman–Crippen MR) is 62.1 cm³/mol. The summed E-state index contributed by atoms with van der Waals surface area (Å²) in [6.45, 7) is 3.25. The van der Waals surface area contributed by atoms with Gasteiger partial charge in [-0.2, -0.15) is 0 Å². The van der Waals surface area contributed by atoms with Crippen molar-refractivity contribution < 1.29 is 9.47 Å². The molecule has 1 heterocycles. The van der Waals surface area contributed by atoms with Crippen LogP contribution in [-0.4, -0.2) is 31.3 Å². The molecule has 1 atom stereocenters. The second-order valence-electron chi connectivity index (χ2n) is 3.44. The van der Waals surface area contributed by atoms with E-state index in [1.54, 1.807) is 13.3 Å². The van der Waals surface area contributed by atoms with Gasteiger partial charge in [0.1, 0.15) is 0 Å². The highest BCUT2D eigenvalue weighted by Crippen LogP contribution is 2.08. The van der Waals surface area contributed by atoms with E-state index in [0.717, 1.165) is 12.0 Å². The van der Waals surface area contributed by atoms with Crippen LogP contribution in [0, 0.1) is 0 Å². The van der Waals surface area contributed by atoms with Crippen molar-refractivity contribution >= 4 is 0 Å². The first-order valence-electron chi connectivity index (χ1n) is 5.33. The van der Waals surface area contributed by atoms with E-state index in [1.165, 1.54) is 0 Å². The van der Waals surface area contributed by atoms with Gasteiger partial charge < -0.3 is 9.47 Å². The highest BCUT2D eigenvalue weighted by Gasteiger charge is 2.07. The van der Waals surface area contributed by atoms with Gasteiger partial charge in [0.25, 0.3) is 0 Å². The van der Waals surface area contributed by atoms with Crippen molar-refractivity contribution in [3.8, 4) is 5.88 Å². The maximum absolute atomic E-state index is 5.44. The molecule has 1 aromatic rings. The molecule has 0 bridgehead atoms. The third-order valence-electron chi connectivity index (χ3n) is 2.25. The standard InChI is InChI=1S/C11H19N3O2/c1-3-16-8-10(14-12)6-9-4-5-11(15-2)13-7-9/h4-5,7,10,14H,3,6,8,12H2,1-2H3. The molecule has 1 unspecified atom stereocenters. The van der Waals surface area contributed by atoms with Gasteiger partial charge >= 0.3 is 0 Å². The lowest BCUT2D eigenvalue weighted by molar-refractivity contribution is 0.123. The minimum atomic E-state index is 0.107. The summed E-state index contributed by atoms with van der Waals surface area (Å²) in [5.74, 6) is 6.06. The molecule has 5 nitrogen and oxygen atoms in total. The van der Waals surface area contributed by atoms with Gasteiger partial charge in [-0.3, -0.25) is 11.3 Å². The molecular formula is C11H19N3O2. The summed E-state index contributed by atoms with van der Waals surface area (Å²) in [6, 6.07) is 3.92. The molecule has 0 aromatic carbocycles. The lowest BCUT2D eigenvalue weighted by Gasteiger charge is -2.15. The molecule has 0 aliphatic carbocycles. The monoisotopic (exact) mass is 225 g/mol. The molecular weight excluding hydrogens is 206 g/mol. The van der Waals surface area contributed by atoms with E-state index in [-0.39, 0.29) is 6.04 Å². The van der Waals surface area contributed by atoms with E-state index < -0.39 is 0 Å². The van der Waals surface area contributed by atoms with Gasteiger partial charge in [0.2, 0.25) is 5.88 Å². The van der Waals surface area contributed by atoms with Crippen LogP contribution in [0.1, 0.15) is 12.5 Å². The molecule has 0 fully saturated rings. The molecule has 0 spiro atoms. The lowest BCUT2D eigenvalue weighted by atomic mass is 10.1. The Morgan fingerprint density at radius 2 is 2.31 bits per heavy atom. The number of nitrogens with zero attached hydrogens (tertiary/aromatic N) is 1. The first kappa shape index (κ1) is 12.9. The second-order valence-corrected chi connectivity index (χ2v) is 3.44. The number of rotatable bonds is 7. The Kier molecular flexibility index (Phi) is 5.77. The smallest absolute Gasteiger partial charge is 0.212 e. The Morgan fingerprint density at radius 3 is 2.81 bits per heavy atom. The number of nitrogens with one attached hydrogen (secondary N) is 1. The zero-order valence-electron chi connectivity index (χ0n) is 9.77. The van der Waals surface area contributed by atoms with Crippen molar-refractivity contribution in [3.63, 3.8) is 0 Å². The molecule has 3 N–H and O–H groups in total. The molecule has 5 heteroatoms. The van der Waals surface area contributed by atoms with Crippen LogP contribution in [0.3, 0.4) is 0 Å². The molecule has 0 aliphatic rings. The zero-order chi connectivity index (χ0) is 11.8. The van der Waals surface area contributed by atoms with Crippen molar-refractivity contribution in [2.75, 3.05) is 20.3 Å². The van der Waals surface area contributed by atoms with Crippen LogP contribution in [0.25, 0.3) is 0 Å². The van der Waals surface area contributed by atoms with Crippen molar-refractivity contribution in [2.45, 2.75) is 19.4 Å². The fourth-order valence-corrected chi connectivity index (χ4v) is 1.36. The van der Waals surface area contributed by atoms with E-state index in [4.69, 9.17) is 15.3 Å². The third-order valence-corrected chi connectivity index (χ3v) is 2.25. The Morgan fingerprint density at radius 1 is 1.50 bits per heavy atom. The van der Waals surface area contributed by atoms with Crippen LogP contribution in [0.4, 0.5) is 0 Å². The summed E-state index contributed by atoms with van der Waals surface area (Å²) in [6.07, 6.45) is 2.57. The summed E-state index contributed by atoms with van der Waals surface area (Å²) < 4.78 is 10.3. The van der Waals surface area contributed by atoms with E-state index in [2.05, 4.69) is 10.4 Å². The van der Waals surface area contributed by atoms with Crippen LogP contribution in [0.5, 0.6) is 5.88 Å².